The highest BCUT2D eigenvalue weighted by atomic mass is 15.5. The molecule has 2 heterocycles. The lowest BCUT2D eigenvalue weighted by atomic mass is 9.97. The highest BCUT2D eigenvalue weighted by molar-refractivity contribution is 5.80. The van der Waals surface area contributed by atoms with Crippen LogP contribution in [0.1, 0.15) is 50.1 Å². The largest absolute Gasteiger partial charge is 0.269 e. The molecule has 0 aliphatic carbocycles. The van der Waals surface area contributed by atoms with Gasteiger partial charge in [-0.3, -0.25) is 4.68 Å². The average Bonchev–Trinajstić information content (AvgIpc) is 3.44. The number of H-pyrrole nitrogens is 1. The first kappa shape index (κ1) is 20.0. The molecule has 0 fully saturated rings. The topological polar surface area (TPSA) is 72.3 Å². The van der Waals surface area contributed by atoms with E-state index in [9.17, 15) is 0 Å². The molecular formula is C24H28N6. The number of aromatic amines is 1. The van der Waals surface area contributed by atoms with Gasteiger partial charge in [-0.1, -0.05) is 75.2 Å². The van der Waals surface area contributed by atoms with E-state index in [-0.39, 0.29) is 0 Å². The zero-order valence-corrected chi connectivity index (χ0v) is 17.7. The molecule has 0 spiro atoms. The lowest BCUT2D eigenvalue weighted by Crippen LogP contribution is -2.06. The maximum atomic E-state index is 4.83. The van der Waals surface area contributed by atoms with Gasteiger partial charge in [-0.05, 0) is 40.8 Å². The Hall–Kier alpha value is -3.28. The van der Waals surface area contributed by atoms with Gasteiger partial charge in [0.1, 0.15) is 0 Å². The molecule has 0 radical (unpaired) electrons. The molecule has 2 aromatic carbocycles. The van der Waals surface area contributed by atoms with Crippen LogP contribution in [0.4, 0.5) is 0 Å². The number of tetrazole rings is 1. The van der Waals surface area contributed by atoms with Crippen molar-refractivity contribution in [3.05, 3.63) is 71.5 Å². The SMILES string of the molecule is CCCCn1nc(CCC)cc1Cc1ccc(-c2ccccc2-c2nn[nH]n2)cc1. The molecule has 1 N–H and O–H groups in total. The van der Waals surface area contributed by atoms with Crippen LogP contribution in [-0.2, 0) is 19.4 Å². The molecule has 0 unspecified atom stereocenters. The predicted octanol–water partition coefficient (Wildman–Crippen LogP) is 5.07. The van der Waals surface area contributed by atoms with E-state index in [0.717, 1.165) is 48.9 Å². The Bertz CT molecular complexity index is 1060. The summed E-state index contributed by atoms with van der Waals surface area (Å²) in [4.78, 5) is 0. The van der Waals surface area contributed by atoms with E-state index in [2.05, 4.69) is 75.6 Å². The second kappa shape index (κ2) is 9.48. The molecule has 0 bridgehead atoms. The van der Waals surface area contributed by atoms with Crippen LogP contribution < -0.4 is 0 Å². The van der Waals surface area contributed by atoms with Crippen LogP contribution in [-0.4, -0.2) is 30.4 Å². The summed E-state index contributed by atoms with van der Waals surface area (Å²) in [6, 6.07) is 19.2. The second-order valence-electron chi connectivity index (χ2n) is 7.61. The standard InChI is InChI=1S/C24H28N6/c1-3-5-15-30-21(17-20(27-30)8-4-2)16-18-11-13-19(14-12-18)22-9-6-7-10-23(22)24-25-28-29-26-24/h6-7,9-14,17H,3-5,8,15-16H2,1-2H3,(H,25,26,28,29). The van der Waals surface area contributed by atoms with E-state index in [1.807, 2.05) is 18.2 Å². The molecule has 6 heteroatoms. The van der Waals surface area contributed by atoms with Crippen molar-refractivity contribution in [2.45, 2.75) is 52.5 Å². The smallest absolute Gasteiger partial charge is 0.205 e. The van der Waals surface area contributed by atoms with E-state index >= 15 is 0 Å². The van der Waals surface area contributed by atoms with Crippen molar-refractivity contribution in [1.82, 2.24) is 30.4 Å². The summed E-state index contributed by atoms with van der Waals surface area (Å²) >= 11 is 0. The number of hydrogen-bond acceptors (Lipinski definition) is 4. The second-order valence-corrected chi connectivity index (χ2v) is 7.61. The van der Waals surface area contributed by atoms with Gasteiger partial charge < -0.3 is 0 Å². The molecular weight excluding hydrogens is 372 g/mol. The molecule has 4 rings (SSSR count). The number of benzene rings is 2. The third-order valence-corrected chi connectivity index (χ3v) is 5.31. The van der Waals surface area contributed by atoms with E-state index in [1.54, 1.807) is 0 Å². The summed E-state index contributed by atoms with van der Waals surface area (Å²) < 4.78 is 2.20. The molecule has 0 aliphatic heterocycles. The highest BCUT2D eigenvalue weighted by Gasteiger charge is 2.12. The average molecular weight is 401 g/mol. The summed E-state index contributed by atoms with van der Waals surface area (Å²) in [6.45, 7) is 5.42. The molecule has 0 saturated carbocycles. The molecule has 6 nitrogen and oxygen atoms in total. The third-order valence-electron chi connectivity index (χ3n) is 5.31. The third kappa shape index (κ3) is 4.48. The van der Waals surface area contributed by atoms with E-state index in [0.29, 0.717) is 5.82 Å². The number of aryl methyl sites for hydroxylation is 2. The maximum Gasteiger partial charge on any atom is 0.205 e. The van der Waals surface area contributed by atoms with E-state index in [1.165, 1.54) is 23.4 Å². The zero-order chi connectivity index (χ0) is 20.8. The Labute approximate surface area is 177 Å². The first-order valence-electron chi connectivity index (χ1n) is 10.8. The predicted molar refractivity (Wildman–Crippen MR) is 119 cm³/mol. The Kier molecular flexibility index (Phi) is 6.32. The summed E-state index contributed by atoms with van der Waals surface area (Å²) in [5.41, 5.74) is 7.01. The van der Waals surface area contributed by atoms with Crippen LogP contribution in [0.2, 0.25) is 0 Å². The molecule has 0 saturated heterocycles. The summed E-state index contributed by atoms with van der Waals surface area (Å²) in [5, 5.41) is 19.3. The van der Waals surface area contributed by atoms with Crippen LogP contribution >= 0.6 is 0 Å². The van der Waals surface area contributed by atoms with Crippen LogP contribution in [0, 0.1) is 0 Å². The lowest BCUT2D eigenvalue weighted by Gasteiger charge is -2.09. The van der Waals surface area contributed by atoms with Crippen molar-refractivity contribution in [3.8, 4) is 22.5 Å². The Morgan fingerprint density at radius 3 is 2.43 bits per heavy atom. The molecule has 0 aliphatic rings. The quantitative estimate of drug-likeness (QED) is 0.425. The maximum absolute atomic E-state index is 4.83. The number of aromatic nitrogens is 6. The number of rotatable bonds is 9. The zero-order valence-electron chi connectivity index (χ0n) is 17.7. The number of unbranched alkanes of at least 4 members (excludes halogenated alkanes) is 1. The fourth-order valence-electron chi connectivity index (χ4n) is 3.75. The first-order valence-corrected chi connectivity index (χ1v) is 10.8. The van der Waals surface area contributed by atoms with Crippen molar-refractivity contribution >= 4 is 0 Å². The van der Waals surface area contributed by atoms with E-state index in [4.69, 9.17) is 5.10 Å². The molecule has 0 amide bonds. The minimum Gasteiger partial charge on any atom is -0.269 e. The van der Waals surface area contributed by atoms with Crippen LogP contribution in [0.15, 0.2) is 54.6 Å². The van der Waals surface area contributed by atoms with Gasteiger partial charge in [-0.2, -0.15) is 10.3 Å². The van der Waals surface area contributed by atoms with Gasteiger partial charge in [0.05, 0.1) is 5.69 Å². The molecule has 0 atom stereocenters. The molecule has 30 heavy (non-hydrogen) atoms. The van der Waals surface area contributed by atoms with Crippen molar-refractivity contribution in [1.29, 1.82) is 0 Å². The van der Waals surface area contributed by atoms with E-state index < -0.39 is 0 Å². The summed E-state index contributed by atoms with van der Waals surface area (Å²) in [6.07, 6.45) is 5.40. The van der Waals surface area contributed by atoms with Gasteiger partial charge >= 0.3 is 0 Å². The highest BCUT2D eigenvalue weighted by Crippen LogP contribution is 2.30. The fourth-order valence-corrected chi connectivity index (χ4v) is 3.75. The van der Waals surface area contributed by atoms with Gasteiger partial charge in [0.25, 0.3) is 0 Å². The normalized spacial score (nSPS) is 11.1. The summed E-state index contributed by atoms with van der Waals surface area (Å²) in [7, 11) is 0. The molecule has 2 aromatic heterocycles. The number of hydrogen-bond donors (Lipinski definition) is 1. The van der Waals surface area contributed by atoms with Gasteiger partial charge in [-0.25, -0.2) is 0 Å². The van der Waals surface area contributed by atoms with Crippen molar-refractivity contribution in [2.24, 2.45) is 0 Å². The van der Waals surface area contributed by atoms with Crippen molar-refractivity contribution in [3.63, 3.8) is 0 Å². The molecule has 4 aromatic rings. The van der Waals surface area contributed by atoms with Gasteiger partial charge in [0, 0.05) is 24.2 Å². The van der Waals surface area contributed by atoms with Crippen LogP contribution in [0.25, 0.3) is 22.5 Å². The minimum absolute atomic E-state index is 0.609. The van der Waals surface area contributed by atoms with Crippen LogP contribution in [0.5, 0.6) is 0 Å². The Morgan fingerprint density at radius 1 is 0.933 bits per heavy atom. The number of nitrogens with zero attached hydrogens (tertiary/aromatic N) is 5. The van der Waals surface area contributed by atoms with Crippen molar-refractivity contribution < 1.29 is 0 Å². The monoisotopic (exact) mass is 400 g/mol. The van der Waals surface area contributed by atoms with Gasteiger partial charge in [-0.15, -0.1) is 10.2 Å². The van der Waals surface area contributed by atoms with Gasteiger partial charge in [0.15, 0.2) is 0 Å². The summed E-state index contributed by atoms with van der Waals surface area (Å²) in [5.74, 6) is 0.609. The Morgan fingerprint density at radius 2 is 1.73 bits per heavy atom. The molecule has 154 valence electrons. The lowest BCUT2D eigenvalue weighted by molar-refractivity contribution is 0.547. The van der Waals surface area contributed by atoms with Crippen LogP contribution in [0.3, 0.4) is 0 Å². The van der Waals surface area contributed by atoms with Gasteiger partial charge in [0.2, 0.25) is 5.82 Å². The van der Waals surface area contributed by atoms with Crippen molar-refractivity contribution in [2.75, 3.05) is 0 Å². The first-order chi connectivity index (χ1) is 14.8. The Balaban J connectivity index is 1.57. The minimum atomic E-state index is 0.609. The fraction of sp³-hybridized carbons (Fsp3) is 0.333. The number of nitrogens with one attached hydrogen (secondary N) is 1.